The smallest absolute Gasteiger partial charge is 0.416 e. The summed E-state index contributed by atoms with van der Waals surface area (Å²) >= 11 is 6.11. The standard InChI is InChI=1S/C24H14ClF3N2O5/c25-18-3-1-2-4-19(18)30-21(32)16-10-5-13(11-17(16)22(30)33)23(34)35-12-20(31)29-15-8-6-14(7-9-15)24(26,27)28/h1-11H,12H2,(H,29,31). The largest absolute Gasteiger partial charge is 0.452 e. The van der Waals surface area contributed by atoms with Crippen molar-refractivity contribution in [1.82, 2.24) is 0 Å². The van der Waals surface area contributed by atoms with Gasteiger partial charge in [0.1, 0.15) is 0 Å². The number of amides is 3. The second-order valence-corrected chi connectivity index (χ2v) is 7.76. The van der Waals surface area contributed by atoms with E-state index in [1.165, 1.54) is 30.3 Å². The van der Waals surface area contributed by atoms with Gasteiger partial charge in [0, 0.05) is 5.69 Å². The van der Waals surface area contributed by atoms with Gasteiger partial charge in [0.05, 0.1) is 33.0 Å². The van der Waals surface area contributed by atoms with E-state index in [9.17, 15) is 32.3 Å². The van der Waals surface area contributed by atoms with E-state index < -0.39 is 42.0 Å². The molecule has 0 unspecified atom stereocenters. The summed E-state index contributed by atoms with van der Waals surface area (Å²) in [5.41, 5.74) is -0.622. The number of hydrogen-bond donors (Lipinski definition) is 1. The highest BCUT2D eigenvalue weighted by Gasteiger charge is 2.38. The summed E-state index contributed by atoms with van der Waals surface area (Å²) in [7, 11) is 0. The summed E-state index contributed by atoms with van der Waals surface area (Å²) in [4.78, 5) is 50.9. The normalized spacial score (nSPS) is 13.0. The number of rotatable bonds is 5. The molecule has 1 aliphatic heterocycles. The minimum Gasteiger partial charge on any atom is -0.452 e. The van der Waals surface area contributed by atoms with Crippen LogP contribution in [-0.4, -0.2) is 30.3 Å². The number of nitrogens with one attached hydrogen (secondary N) is 1. The number of para-hydroxylation sites is 1. The number of halogens is 4. The Morgan fingerprint density at radius 2 is 1.57 bits per heavy atom. The van der Waals surface area contributed by atoms with Crippen LogP contribution in [0.15, 0.2) is 66.7 Å². The molecule has 0 saturated carbocycles. The molecule has 0 bridgehead atoms. The Bertz CT molecular complexity index is 1360. The first-order chi connectivity index (χ1) is 16.6. The van der Waals surface area contributed by atoms with Crippen molar-refractivity contribution in [3.63, 3.8) is 0 Å². The molecule has 0 atom stereocenters. The lowest BCUT2D eigenvalue weighted by Gasteiger charge is -2.15. The number of imide groups is 1. The van der Waals surface area contributed by atoms with Crippen molar-refractivity contribution in [3.05, 3.63) is 94.0 Å². The van der Waals surface area contributed by atoms with E-state index in [-0.39, 0.29) is 33.1 Å². The van der Waals surface area contributed by atoms with E-state index >= 15 is 0 Å². The molecule has 0 radical (unpaired) electrons. The van der Waals surface area contributed by atoms with Gasteiger partial charge in [0.15, 0.2) is 6.61 Å². The van der Waals surface area contributed by atoms with E-state index in [1.54, 1.807) is 12.1 Å². The number of ether oxygens (including phenoxy) is 1. The molecule has 0 fully saturated rings. The Hall–Kier alpha value is -4.18. The zero-order valence-corrected chi connectivity index (χ0v) is 18.3. The fraction of sp³-hybridized carbons (Fsp3) is 0.0833. The molecule has 3 aromatic carbocycles. The van der Waals surface area contributed by atoms with Crippen molar-refractivity contribution in [3.8, 4) is 0 Å². The van der Waals surface area contributed by atoms with Crippen LogP contribution in [-0.2, 0) is 15.7 Å². The van der Waals surface area contributed by atoms with Gasteiger partial charge >= 0.3 is 12.1 Å². The number of fused-ring (bicyclic) bond motifs is 1. The maximum atomic E-state index is 12.8. The van der Waals surface area contributed by atoms with Gasteiger partial charge in [-0.15, -0.1) is 0 Å². The quantitative estimate of drug-likeness (QED) is 0.393. The molecule has 3 aromatic rings. The van der Waals surface area contributed by atoms with Crippen molar-refractivity contribution >= 4 is 46.7 Å². The lowest BCUT2D eigenvalue weighted by molar-refractivity contribution is -0.137. The number of carbonyl (C=O) groups is 4. The topological polar surface area (TPSA) is 92.8 Å². The predicted octanol–water partition coefficient (Wildman–Crippen LogP) is 4.95. The second kappa shape index (κ2) is 9.22. The van der Waals surface area contributed by atoms with Gasteiger partial charge in [-0.2, -0.15) is 13.2 Å². The summed E-state index contributed by atoms with van der Waals surface area (Å²) in [5.74, 6) is -3.00. The predicted molar refractivity (Wildman–Crippen MR) is 119 cm³/mol. The minimum absolute atomic E-state index is 0.0291. The first kappa shape index (κ1) is 24.0. The number of nitrogens with zero attached hydrogens (tertiary/aromatic N) is 1. The molecule has 0 aromatic heterocycles. The first-order valence-electron chi connectivity index (χ1n) is 9.98. The van der Waals surface area contributed by atoms with Crippen LogP contribution in [0.1, 0.15) is 36.6 Å². The third-order valence-electron chi connectivity index (χ3n) is 5.05. The van der Waals surface area contributed by atoms with Crippen LogP contribution in [0, 0.1) is 0 Å². The van der Waals surface area contributed by atoms with E-state index in [1.807, 2.05) is 0 Å². The molecular weight excluding hydrogens is 489 g/mol. The molecule has 3 amide bonds. The Kier molecular flexibility index (Phi) is 6.31. The highest BCUT2D eigenvalue weighted by Crippen LogP contribution is 2.33. The van der Waals surface area contributed by atoms with Crippen molar-refractivity contribution < 1.29 is 37.1 Å². The molecule has 1 heterocycles. The van der Waals surface area contributed by atoms with Crippen LogP contribution in [0.5, 0.6) is 0 Å². The average Bonchev–Trinajstić information content (AvgIpc) is 3.07. The van der Waals surface area contributed by atoms with Crippen molar-refractivity contribution in [2.75, 3.05) is 16.8 Å². The van der Waals surface area contributed by atoms with Gasteiger partial charge < -0.3 is 10.1 Å². The molecule has 0 spiro atoms. The van der Waals surface area contributed by atoms with Crippen LogP contribution in [0.2, 0.25) is 5.02 Å². The van der Waals surface area contributed by atoms with E-state index in [0.29, 0.717) is 0 Å². The van der Waals surface area contributed by atoms with Crippen molar-refractivity contribution in [2.45, 2.75) is 6.18 Å². The van der Waals surface area contributed by atoms with Gasteiger partial charge in [-0.25, -0.2) is 9.69 Å². The summed E-state index contributed by atoms with van der Waals surface area (Å²) < 4.78 is 42.8. The lowest BCUT2D eigenvalue weighted by Crippen LogP contribution is -2.29. The van der Waals surface area contributed by atoms with Crippen LogP contribution >= 0.6 is 11.6 Å². The number of hydrogen-bond acceptors (Lipinski definition) is 5. The molecule has 0 aliphatic carbocycles. The Labute approximate surface area is 201 Å². The molecule has 11 heteroatoms. The number of carbonyl (C=O) groups excluding carboxylic acids is 4. The number of benzene rings is 3. The molecular formula is C24H14ClF3N2O5. The van der Waals surface area contributed by atoms with E-state index in [0.717, 1.165) is 29.2 Å². The molecule has 4 rings (SSSR count). The second-order valence-electron chi connectivity index (χ2n) is 7.36. The zero-order valence-electron chi connectivity index (χ0n) is 17.6. The van der Waals surface area contributed by atoms with Crippen LogP contribution in [0.4, 0.5) is 24.5 Å². The average molecular weight is 503 g/mol. The van der Waals surface area contributed by atoms with Gasteiger partial charge in [-0.3, -0.25) is 14.4 Å². The van der Waals surface area contributed by atoms with Crippen LogP contribution in [0.3, 0.4) is 0 Å². The molecule has 7 nitrogen and oxygen atoms in total. The highest BCUT2D eigenvalue weighted by atomic mass is 35.5. The molecule has 0 saturated heterocycles. The summed E-state index contributed by atoms with van der Waals surface area (Å²) in [6.45, 7) is -0.727. The maximum absolute atomic E-state index is 12.8. The highest BCUT2D eigenvalue weighted by molar-refractivity contribution is 6.39. The van der Waals surface area contributed by atoms with Crippen LogP contribution < -0.4 is 10.2 Å². The Balaban J connectivity index is 1.41. The monoisotopic (exact) mass is 502 g/mol. The number of anilines is 2. The van der Waals surface area contributed by atoms with Gasteiger partial charge in [-0.05, 0) is 54.6 Å². The lowest BCUT2D eigenvalue weighted by atomic mass is 10.1. The first-order valence-corrected chi connectivity index (χ1v) is 10.4. The Morgan fingerprint density at radius 1 is 0.914 bits per heavy atom. The van der Waals surface area contributed by atoms with E-state index in [4.69, 9.17) is 16.3 Å². The number of alkyl halides is 3. The molecule has 35 heavy (non-hydrogen) atoms. The van der Waals surface area contributed by atoms with Crippen molar-refractivity contribution in [2.24, 2.45) is 0 Å². The SMILES string of the molecule is O=C(COC(=O)c1ccc2c(c1)C(=O)N(c1ccccc1Cl)C2=O)Nc1ccc(C(F)(F)F)cc1. The van der Waals surface area contributed by atoms with E-state index in [2.05, 4.69) is 5.32 Å². The number of esters is 1. The third-order valence-corrected chi connectivity index (χ3v) is 5.37. The van der Waals surface area contributed by atoms with Gasteiger partial charge in [0.25, 0.3) is 17.7 Å². The minimum atomic E-state index is -4.51. The Morgan fingerprint density at radius 3 is 2.23 bits per heavy atom. The van der Waals surface area contributed by atoms with Crippen LogP contribution in [0.25, 0.3) is 0 Å². The molecule has 178 valence electrons. The molecule has 1 N–H and O–H groups in total. The fourth-order valence-corrected chi connectivity index (χ4v) is 3.59. The summed E-state index contributed by atoms with van der Waals surface area (Å²) in [6.07, 6.45) is -4.51. The summed E-state index contributed by atoms with van der Waals surface area (Å²) in [5, 5.41) is 2.50. The van der Waals surface area contributed by atoms with Gasteiger partial charge in [-0.1, -0.05) is 23.7 Å². The molecule has 1 aliphatic rings. The third kappa shape index (κ3) is 4.87. The maximum Gasteiger partial charge on any atom is 0.416 e. The zero-order chi connectivity index (χ0) is 25.3. The van der Waals surface area contributed by atoms with Gasteiger partial charge in [0.2, 0.25) is 0 Å². The summed E-state index contributed by atoms with van der Waals surface area (Å²) in [6, 6.07) is 13.8. The van der Waals surface area contributed by atoms with Crippen molar-refractivity contribution in [1.29, 1.82) is 0 Å². The fourth-order valence-electron chi connectivity index (χ4n) is 3.37.